The van der Waals surface area contributed by atoms with Crippen molar-refractivity contribution in [2.45, 2.75) is 38.6 Å². The molecule has 1 fully saturated rings. The second-order valence-electron chi connectivity index (χ2n) is 7.97. The van der Waals surface area contributed by atoms with Crippen LogP contribution in [-0.2, 0) is 19.4 Å². The summed E-state index contributed by atoms with van der Waals surface area (Å²) in [6.45, 7) is 7.40. The number of nitrogens with one attached hydrogen (secondary N) is 1. The number of hydrogen-bond acceptors (Lipinski definition) is 4. The highest BCUT2D eigenvalue weighted by atomic mass is 32.1. The van der Waals surface area contributed by atoms with Gasteiger partial charge in [-0.2, -0.15) is 0 Å². The third-order valence-electron chi connectivity index (χ3n) is 5.96. The van der Waals surface area contributed by atoms with E-state index in [1.165, 1.54) is 28.8 Å². The lowest BCUT2D eigenvalue weighted by atomic mass is 9.96. The minimum atomic E-state index is 0.132. The fourth-order valence-electron chi connectivity index (χ4n) is 4.30. The molecular weight excluding hydrogens is 366 g/mol. The van der Waals surface area contributed by atoms with Gasteiger partial charge in [-0.05, 0) is 49.8 Å². The van der Waals surface area contributed by atoms with Crippen molar-refractivity contribution in [2.24, 2.45) is 0 Å². The maximum absolute atomic E-state index is 12.5. The highest BCUT2D eigenvalue weighted by Gasteiger charge is 2.20. The van der Waals surface area contributed by atoms with Gasteiger partial charge in [0.2, 0.25) is 0 Å². The van der Waals surface area contributed by atoms with Crippen LogP contribution < -0.4 is 5.32 Å². The summed E-state index contributed by atoms with van der Waals surface area (Å²) in [6, 6.07) is 10.7. The summed E-state index contributed by atoms with van der Waals surface area (Å²) in [6.07, 6.45) is 5.75. The summed E-state index contributed by atoms with van der Waals surface area (Å²) in [5.41, 5.74) is 3.66. The molecule has 0 atom stereocenters. The number of thiophene rings is 1. The fourth-order valence-corrected chi connectivity index (χ4v) is 5.42. The van der Waals surface area contributed by atoms with Gasteiger partial charge in [0.25, 0.3) is 5.91 Å². The predicted octanol–water partition coefficient (Wildman–Crippen LogP) is 3.56. The molecule has 0 radical (unpaired) electrons. The summed E-state index contributed by atoms with van der Waals surface area (Å²) >= 11 is 1.77. The molecule has 5 heteroatoms. The minimum Gasteiger partial charge on any atom is -0.352 e. The van der Waals surface area contributed by atoms with E-state index >= 15 is 0 Å². The summed E-state index contributed by atoms with van der Waals surface area (Å²) in [5.74, 6) is 0.132. The number of hydrogen-bond donors (Lipinski definition) is 1. The maximum atomic E-state index is 12.5. The van der Waals surface area contributed by atoms with Gasteiger partial charge in [-0.1, -0.05) is 30.3 Å². The van der Waals surface area contributed by atoms with E-state index in [0.717, 1.165) is 70.6 Å². The zero-order valence-corrected chi connectivity index (χ0v) is 17.5. The Balaban J connectivity index is 1.14. The second kappa shape index (κ2) is 9.68. The van der Waals surface area contributed by atoms with Gasteiger partial charge in [0.05, 0.1) is 5.56 Å². The van der Waals surface area contributed by atoms with E-state index < -0.39 is 0 Å². The Labute approximate surface area is 172 Å². The Kier molecular flexibility index (Phi) is 6.78. The van der Waals surface area contributed by atoms with Crippen LogP contribution in [-0.4, -0.2) is 55.0 Å². The largest absolute Gasteiger partial charge is 0.352 e. The number of amides is 1. The zero-order chi connectivity index (χ0) is 19.2. The van der Waals surface area contributed by atoms with Crippen molar-refractivity contribution >= 4 is 17.2 Å². The van der Waals surface area contributed by atoms with E-state index in [1.54, 1.807) is 11.3 Å². The normalized spacial score (nSPS) is 18.0. The monoisotopic (exact) mass is 397 g/mol. The van der Waals surface area contributed by atoms with Crippen molar-refractivity contribution in [3.63, 3.8) is 0 Å². The molecule has 1 aliphatic carbocycles. The molecule has 1 aromatic carbocycles. The van der Waals surface area contributed by atoms with E-state index in [9.17, 15) is 4.79 Å². The molecule has 2 aliphatic rings. The fraction of sp³-hybridized carbons (Fsp3) is 0.522. The Morgan fingerprint density at radius 2 is 1.75 bits per heavy atom. The third kappa shape index (κ3) is 5.02. The number of piperazine rings is 1. The van der Waals surface area contributed by atoms with Crippen LogP contribution in [0, 0.1) is 0 Å². The van der Waals surface area contributed by atoms with Crippen LogP contribution >= 0.6 is 11.3 Å². The molecule has 4 nitrogen and oxygen atoms in total. The Bertz CT molecular complexity index is 765. The average molecular weight is 398 g/mol. The van der Waals surface area contributed by atoms with Crippen LogP contribution in [0.2, 0.25) is 0 Å². The Hall–Kier alpha value is -1.69. The van der Waals surface area contributed by atoms with Gasteiger partial charge in [0.1, 0.15) is 0 Å². The van der Waals surface area contributed by atoms with Gasteiger partial charge in [-0.25, -0.2) is 0 Å². The van der Waals surface area contributed by atoms with Crippen molar-refractivity contribution in [2.75, 3.05) is 39.3 Å². The molecule has 1 amide bonds. The molecule has 1 aliphatic heterocycles. The van der Waals surface area contributed by atoms with Crippen LogP contribution in [0.4, 0.5) is 0 Å². The first-order valence-corrected chi connectivity index (χ1v) is 11.5. The summed E-state index contributed by atoms with van der Waals surface area (Å²) in [5, 5.41) is 5.21. The maximum Gasteiger partial charge on any atom is 0.252 e. The standard InChI is InChI=1S/C23H31N3OS/c27-23(21-18-28-22-10-5-4-9-20(21)22)24-11-6-12-25-13-15-26(16-14-25)17-19-7-2-1-3-8-19/h1-3,7-8,18H,4-6,9-17H2,(H,24,27). The Morgan fingerprint density at radius 3 is 2.57 bits per heavy atom. The molecule has 4 rings (SSSR count). The quantitative estimate of drug-likeness (QED) is 0.726. The topological polar surface area (TPSA) is 35.6 Å². The number of carbonyl (C=O) groups is 1. The molecular formula is C23H31N3OS. The molecule has 1 saturated heterocycles. The Morgan fingerprint density at radius 1 is 1.00 bits per heavy atom. The third-order valence-corrected chi connectivity index (χ3v) is 7.05. The number of fused-ring (bicyclic) bond motifs is 1. The molecule has 150 valence electrons. The van der Waals surface area contributed by atoms with Gasteiger partial charge in [-0.3, -0.25) is 9.69 Å². The predicted molar refractivity (Wildman–Crippen MR) is 116 cm³/mol. The van der Waals surface area contributed by atoms with Crippen molar-refractivity contribution in [1.29, 1.82) is 0 Å². The van der Waals surface area contributed by atoms with E-state index in [0.29, 0.717) is 0 Å². The highest BCUT2D eigenvalue weighted by molar-refractivity contribution is 7.10. The lowest BCUT2D eigenvalue weighted by Gasteiger charge is -2.34. The number of carbonyl (C=O) groups excluding carboxylic acids is 1. The van der Waals surface area contributed by atoms with Crippen molar-refractivity contribution in [1.82, 2.24) is 15.1 Å². The number of rotatable bonds is 7. The minimum absolute atomic E-state index is 0.132. The van der Waals surface area contributed by atoms with Crippen molar-refractivity contribution in [3.8, 4) is 0 Å². The zero-order valence-electron chi connectivity index (χ0n) is 16.7. The van der Waals surface area contributed by atoms with Crippen LogP contribution in [0.5, 0.6) is 0 Å². The number of nitrogens with zero attached hydrogens (tertiary/aromatic N) is 2. The molecule has 0 saturated carbocycles. The second-order valence-corrected chi connectivity index (χ2v) is 8.94. The smallest absolute Gasteiger partial charge is 0.252 e. The molecule has 1 aromatic heterocycles. The number of aryl methyl sites for hydroxylation is 1. The summed E-state index contributed by atoms with van der Waals surface area (Å²) in [4.78, 5) is 19.0. The first kappa shape index (κ1) is 19.6. The average Bonchev–Trinajstić information content (AvgIpc) is 3.17. The van der Waals surface area contributed by atoms with Gasteiger partial charge in [0.15, 0.2) is 0 Å². The first-order valence-electron chi connectivity index (χ1n) is 10.7. The first-order chi connectivity index (χ1) is 13.8. The van der Waals surface area contributed by atoms with Gasteiger partial charge in [0, 0.05) is 49.5 Å². The van der Waals surface area contributed by atoms with Crippen LogP contribution in [0.25, 0.3) is 0 Å². The molecule has 0 spiro atoms. The summed E-state index contributed by atoms with van der Waals surface area (Å²) in [7, 11) is 0. The van der Waals surface area contributed by atoms with Gasteiger partial charge < -0.3 is 10.2 Å². The molecule has 0 bridgehead atoms. The van der Waals surface area contributed by atoms with Crippen LogP contribution in [0.1, 0.15) is 45.6 Å². The molecule has 2 aromatic rings. The van der Waals surface area contributed by atoms with Gasteiger partial charge >= 0.3 is 0 Å². The lowest BCUT2D eigenvalue weighted by Crippen LogP contribution is -2.46. The number of benzene rings is 1. The van der Waals surface area contributed by atoms with Crippen LogP contribution in [0.15, 0.2) is 35.7 Å². The van der Waals surface area contributed by atoms with Crippen LogP contribution in [0.3, 0.4) is 0 Å². The van der Waals surface area contributed by atoms with E-state index in [2.05, 4.69) is 50.8 Å². The molecule has 1 N–H and O–H groups in total. The molecule has 2 heterocycles. The molecule has 28 heavy (non-hydrogen) atoms. The van der Waals surface area contributed by atoms with E-state index in [4.69, 9.17) is 0 Å². The SMILES string of the molecule is O=C(NCCCN1CCN(Cc2ccccc2)CC1)c1csc2c1CCCC2. The van der Waals surface area contributed by atoms with Crippen molar-refractivity contribution < 1.29 is 4.79 Å². The van der Waals surface area contributed by atoms with E-state index in [-0.39, 0.29) is 5.91 Å². The highest BCUT2D eigenvalue weighted by Crippen LogP contribution is 2.30. The van der Waals surface area contributed by atoms with Crippen molar-refractivity contribution in [3.05, 3.63) is 57.3 Å². The van der Waals surface area contributed by atoms with Gasteiger partial charge in [-0.15, -0.1) is 11.3 Å². The summed E-state index contributed by atoms with van der Waals surface area (Å²) < 4.78 is 0. The van der Waals surface area contributed by atoms with E-state index in [1.807, 2.05) is 0 Å². The molecule has 0 unspecified atom stereocenters. The lowest BCUT2D eigenvalue weighted by molar-refractivity contribution is 0.0946.